The quantitative estimate of drug-likeness (QED) is 0.166. The van der Waals surface area contributed by atoms with E-state index in [4.69, 9.17) is 0 Å². The molecule has 11 rings (SSSR count). The van der Waals surface area contributed by atoms with Crippen molar-refractivity contribution in [2.75, 3.05) is 0 Å². The molecule has 0 heterocycles. The molecule has 0 nitrogen and oxygen atoms in total. The third-order valence-corrected chi connectivity index (χ3v) is 11.2. The van der Waals surface area contributed by atoms with E-state index in [1.807, 2.05) is 0 Å². The zero-order chi connectivity index (χ0) is 34.2. The van der Waals surface area contributed by atoms with Crippen LogP contribution in [0, 0.1) is 0 Å². The summed E-state index contributed by atoms with van der Waals surface area (Å²) in [4.78, 5) is 0. The van der Waals surface area contributed by atoms with E-state index >= 15 is 0 Å². The molecule has 0 amide bonds. The Hall–Kier alpha value is -6.76. The molecule has 0 bridgehead atoms. The summed E-state index contributed by atoms with van der Waals surface area (Å²) in [6.07, 6.45) is 0. The molecule has 0 saturated heterocycles. The number of hydrogen-bond acceptors (Lipinski definition) is 0. The highest BCUT2D eigenvalue weighted by atomic mass is 14.3. The van der Waals surface area contributed by atoms with Crippen LogP contribution in [0.25, 0.3) is 110 Å². The Bertz CT molecular complexity index is 2940. The van der Waals surface area contributed by atoms with Crippen molar-refractivity contribution in [3.63, 3.8) is 0 Å². The van der Waals surface area contributed by atoms with Gasteiger partial charge in [-0.2, -0.15) is 0 Å². The smallest absolute Gasteiger partial charge is 0.00201 e. The Morgan fingerprint density at radius 3 is 1.27 bits per heavy atom. The van der Waals surface area contributed by atoms with Gasteiger partial charge < -0.3 is 0 Å². The van der Waals surface area contributed by atoms with Gasteiger partial charge in [0.05, 0.1) is 0 Å². The van der Waals surface area contributed by atoms with E-state index in [-0.39, 0.29) is 0 Å². The Labute approximate surface area is 302 Å². The maximum absolute atomic E-state index is 2.38. The molecule has 1 aliphatic rings. The molecule has 0 saturated carbocycles. The number of fused-ring (bicyclic) bond motifs is 8. The fourth-order valence-corrected chi connectivity index (χ4v) is 8.91. The lowest BCUT2D eigenvalue weighted by molar-refractivity contribution is 1.62. The van der Waals surface area contributed by atoms with Crippen LogP contribution in [0.4, 0.5) is 0 Å². The van der Waals surface area contributed by atoms with Crippen LogP contribution in [-0.4, -0.2) is 0 Å². The van der Waals surface area contributed by atoms with Crippen molar-refractivity contribution in [1.82, 2.24) is 0 Å². The molecule has 10 aromatic rings. The Morgan fingerprint density at radius 1 is 0.212 bits per heavy atom. The van der Waals surface area contributed by atoms with Crippen LogP contribution in [0.5, 0.6) is 0 Å². The molecule has 0 N–H and O–H groups in total. The van der Waals surface area contributed by atoms with Crippen molar-refractivity contribution in [2.24, 2.45) is 0 Å². The summed E-state index contributed by atoms with van der Waals surface area (Å²) >= 11 is 0. The molecular formula is C52H32. The van der Waals surface area contributed by atoms with Gasteiger partial charge >= 0.3 is 0 Å². The zero-order valence-corrected chi connectivity index (χ0v) is 28.5. The first-order valence-electron chi connectivity index (χ1n) is 18.1. The van der Waals surface area contributed by atoms with E-state index in [1.165, 1.54) is 110 Å². The van der Waals surface area contributed by atoms with Gasteiger partial charge in [-0.1, -0.05) is 188 Å². The molecular weight excluding hydrogens is 625 g/mol. The van der Waals surface area contributed by atoms with E-state index in [9.17, 15) is 0 Å². The van der Waals surface area contributed by atoms with Crippen molar-refractivity contribution in [1.29, 1.82) is 0 Å². The normalized spacial score (nSPS) is 11.8. The minimum atomic E-state index is 1.22. The Morgan fingerprint density at radius 2 is 0.635 bits per heavy atom. The van der Waals surface area contributed by atoms with Gasteiger partial charge in [0.25, 0.3) is 0 Å². The SMILES string of the molecule is c1ccc2c(c1)-c1ccccc1-c1ccc(-c3c4ccccc4c(-c4ccc(-c5ccc6ccccc6c5)cc4)c4ccccc34)c3cccc-2c13. The van der Waals surface area contributed by atoms with Gasteiger partial charge in [0.1, 0.15) is 0 Å². The van der Waals surface area contributed by atoms with Crippen molar-refractivity contribution in [3.8, 4) is 66.8 Å². The second-order valence-electron chi connectivity index (χ2n) is 14.0. The largest absolute Gasteiger partial charge is 0.0616 e. The Kier molecular flexibility index (Phi) is 6.35. The lowest BCUT2D eigenvalue weighted by atomic mass is 9.83. The zero-order valence-electron chi connectivity index (χ0n) is 28.5. The molecule has 240 valence electrons. The van der Waals surface area contributed by atoms with E-state index < -0.39 is 0 Å². The van der Waals surface area contributed by atoms with E-state index in [0.717, 1.165) is 0 Å². The third kappa shape index (κ3) is 4.28. The second-order valence-corrected chi connectivity index (χ2v) is 14.0. The molecule has 0 radical (unpaired) electrons. The van der Waals surface area contributed by atoms with Crippen molar-refractivity contribution < 1.29 is 0 Å². The third-order valence-electron chi connectivity index (χ3n) is 11.2. The van der Waals surface area contributed by atoms with Crippen LogP contribution in [0.1, 0.15) is 0 Å². The molecule has 0 aliphatic heterocycles. The van der Waals surface area contributed by atoms with Gasteiger partial charge in [-0.3, -0.25) is 0 Å². The van der Waals surface area contributed by atoms with E-state index in [0.29, 0.717) is 0 Å². The molecule has 52 heavy (non-hydrogen) atoms. The molecule has 0 atom stereocenters. The summed E-state index contributed by atoms with van der Waals surface area (Å²) in [5.41, 5.74) is 15.2. The van der Waals surface area contributed by atoms with Crippen molar-refractivity contribution in [2.45, 2.75) is 0 Å². The topological polar surface area (TPSA) is 0 Å². The molecule has 0 spiro atoms. The predicted molar refractivity (Wildman–Crippen MR) is 223 cm³/mol. The van der Waals surface area contributed by atoms with Crippen LogP contribution in [0.2, 0.25) is 0 Å². The summed E-state index contributed by atoms with van der Waals surface area (Å²) in [5.74, 6) is 0. The first-order chi connectivity index (χ1) is 25.8. The number of hydrogen-bond donors (Lipinski definition) is 0. The van der Waals surface area contributed by atoms with Gasteiger partial charge in [-0.15, -0.1) is 0 Å². The van der Waals surface area contributed by atoms with Gasteiger partial charge in [-0.25, -0.2) is 0 Å². The van der Waals surface area contributed by atoms with Gasteiger partial charge in [0.2, 0.25) is 0 Å². The summed E-state index contributed by atoms with van der Waals surface area (Å²) in [6, 6.07) is 71.9. The van der Waals surface area contributed by atoms with Gasteiger partial charge in [-0.05, 0) is 116 Å². The standard InChI is InChI=1S/C52H32/c1-2-13-36-32-37(29-26-33(36)12-1)34-24-27-35(28-25-34)50-43-18-7-9-20-45(43)52(46-21-10-8-19-44(46)50)49-31-30-48-41-17-6-4-15-39(41)38-14-3-5-16-40(38)42-22-11-23-47(49)51(42)48/h1-32H. The summed E-state index contributed by atoms with van der Waals surface area (Å²) in [6.45, 7) is 0. The number of rotatable bonds is 3. The van der Waals surface area contributed by atoms with E-state index in [1.54, 1.807) is 0 Å². The minimum Gasteiger partial charge on any atom is -0.0616 e. The Balaban J connectivity index is 1.16. The maximum atomic E-state index is 2.38. The average Bonchev–Trinajstić information content (AvgIpc) is 3.34. The van der Waals surface area contributed by atoms with Crippen molar-refractivity contribution >= 4 is 43.1 Å². The highest BCUT2D eigenvalue weighted by molar-refractivity contribution is 6.25. The number of benzene rings is 10. The fraction of sp³-hybridized carbons (Fsp3) is 0. The van der Waals surface area contributed by atoms with Gasteiger partial charge in [0, 0.05) is 0 Å². The molecule has 10 aromatic carbocycles. The van der Waals surface area contributed by atoms with Crippen LogP contribution in [0.15, 0.2) is 194 Å². The first-order valence-corrected chi connectivity index (χ1v) is 18.1. The highest BCUT2D eigenvalue weighted by Gasteiger charge is 2.24. The molecule has 0 aromatic heterocycles. The fourth-order valence-electron chi connectivity index (χ4n) is 8.91. The lowest BCUT2D eigenvalue weighted by Crippen LogP contribution is -1.93. The molecule has 0 unspecified atom stereocenters. The maximum Gasteiger partial charge on any atom is -0.00201 e. The van der Waals surface area contributed by atoms with Crippen LogP contribution in [-0.2, 0) is 0 Å². The average molecular weight is 657 g/mol. The molecule has 0 fully saturated rings. The molecule has 0 heteroatoms. The van der Waals surface area contributed by atoms with Crippen molar-refractivity contribution in [3.05, 3.63) is 194 Å². The minimum absolute atomic E-state index is 1.22. The first kappa shape index (κ1) is 29.0. The monoisotopic (exact) mass is 656 g/mol. The summed E-state index contributed by atoms with van der Waals surface area (Å²) in [5, 5.41) is 10.2. The second kappa shape index (κ2) is 11.4. The highest BCUT2D eigenvalue weighted by Crippen LogP contribution is 2.51. The van der Waals surface area contributed by atoms with E-state index in [2.05, 4.69) is 194 Å². The van der Waals surface area contributed by atoms with Crippen LogP contribution < -0.4 is 0 Å². The predicted octanol–water partition coefficient (Wildman–Crippen LogP) is 14.6. The van der Waals surface area contributed by atoms with Crippen LogP contribution >= 0.6 is 0 Å². The van der Waals surface area contributed by atoms with Crippen LogP contribution in [0.3, 0.4) is 0 Å². The lowest BCUT2D eigenvalue weighted by Gasteiger charge is -2.20. The summed E-state index contributed by atoms with van der Waals surface area (Å²) in [7, 11) is 0. The molecule has 1 aliphatic carbocycles. The van der Waals surface area contributed by atoms with Gasteiger partial charge in [0.15, 0.2) is 0 Å². The summed E-state index contributed by atoms with van der Waals surface area (Å²) < 4.78 is 0.